The zero-order valence-corrected chi connectivity index (χ0v) is 3.42. The Morgan fingerprint density at radius 3 is 2.00 bits per heavy atom. The minimum atomic E-state index is 0.583. The molecule has 0 saturated heterocycles. The number of hydrogen-bond acceptors (Lipinski definition) is 2. The second-order valence-corrected chi connectivity index (χ2v) is 1.32. The van der Waals surface area contributed by atoms with Gasteiger partial charge in [-0.15, -0.1) is 0 Å². The topological polar surface area (TPSA) is 26.3 Å². The summed E-state index contributed by atoms with van der Waals surface area (Å²) < 4.78 is 0. The Kier molecular flexibility index (Phi) is 0.900. The fourth-order valence-electron chi connectivity index (χ4n) is 0.459. The van der Waals surface area contributed by atoms with Crippen LogP contribution in [0.2, 0.25) is 0 Å². The summed E-state index contributed by atoms with van der Waals surface area (Å²) in [6.07, 6.45) is 3.74. The summed E-state index contributed by atoms with van der Waals surface area (Å²) in [7, 11) is 0. The number of hydroxylamine groups is 2. The number of hydrogen-bond donors (Lipinski definition) is 0. The highest BCUT2D eigenvalue weighted by atomic mass is 16.5. The van der Waals surface area contributed by atoms with Crippen LogP contribution in [0.5, 0.6) is 0 Å². The molecule has 0 unspecified atom stereocenters. The van der Waals surface area contributed by atoms with Crippen LogP contribution < -0.4 is 0 Å². The summed E-state index contributed by atoms with van der Waals surface area (Å²) in [5.41, 5.74) is 0. The molecule has 34 valence electrons. The predicted molar refractivity (Wildman–Crippen MR) is 24.1 cm³/mol. The summed E-state index contributed by atoms with van der Waals surface area (Å²) in [6.45, 7) is 1.17. The summed E-state index contributed by atoms with van der Waals surface area (Å²) in [4.78, 5) is 0. The highest BCUT2D eigenvalue weighted by Crippen LogP contribution is 1.92. The van der Waals surface area contributed by atoms with Gasteiger partial charge in [-0.3, -0.25) is 0 Å². The van der Waals surface area contributed by atoms with Gasteiger partial charge in [0.15, 0.2) is 0 Å². The summed E-state index contributed by atoms with van der Waals surface area (Å²) in [6, 6.07) is 0. The average molecular weight is 84.1 g/mol. The SMILES string of the molecule is [O-]N1CC=CC1. The van der Waals surface area contributed by atoms with Crippen molar-refractivity contribution in [2.24, 2.45) is 0 Å². The minimum Gasteiger partial charge on any atom is -0.785 e. The fraction of sp³-hybridized carbons (Fsp3) is 0.500. The zero-order chi connectivity index (χ0) is 4.41. The average Bonchev–Trinajstić information content (AvgIpc) is 1.86. The lowest BCUT2D eigenvalue weighted by atomic mass is 10.6. The molecule has 6 heavy (non-hydrogen) atoms. The Morgan fingerprint density at radius 1 is 1.33 bits per heavy atom. The van der Waals surface area contributed by atoms with Gasteiger partial charge in [0.1, 0.15) is 0 Å². The molecule has 0 fully saturated rings. The number of rotatable bonds is 0. The molecular weight excluding hydrogens is 78.0 g/mol. The molecule has 1 rings (SSSR count). The summed E-state index contributed by atoms with van der Waals surface area (Å²) in [5, 5.41) is 11.1. The quantitative estimate of drug-likeness (QED) is 0.396. The maximum atomic E-state index is 10.1. The molecule has 0 radical (unpaired) electrons. The van der Waals surface area contributed by atoms with E-state index in [1.807, 2.05) is 12.2 Å². The Morgan fingerprint density at radius 2 is 1.83 bits per heavy atom. The molecule has 0 N–H and O–H groups in total. The molecule has 0 aromatic carbocycles. The van der Waals surface area contributed by atoms with E-state index in [4.69, 9.17) is 0 Å². The Labute approximate surface area is 36.6 Å². The second-order valence-electron chi connectivity index (χ2n) is 1.32. The molecular formula is C4H6NO-. The van der Waals surface area contributed by atoms with Crippen LogP contribution in [0.3, 0.4) is 0 Å². The predicted octanol–water partition coefficient (Wildman–Crippen LogP) is 0.356. The molecule has 0 atom stereocenters. The minimum absolute atomic E-state index is 0.583. The molecule has 2 nitrogen and oxygen atoms in total. The smallest absolute Gasteiger partial charge is 0.00448 e. The molecule has 1 aliphatic rings. The van der Waals surface area contributed by atoms with Gasteiger partial charge in [0, 0.05) is 13.1 Å². The molecule has 1 aliphatic heterocycles. The largest absolute Gasteiger partial charge is 0.785 e. The van der Waals surface area contributed by atoms with Crippen LogP contribution in [-0.4, -0.2) is 18.2 Å². The third-order valence-corrected chi connectivity index (χ3v) is 0.785. The van der Waals surface area contributed by atoms with Gasteiger partial charge >= 0.3 is 0 Å². The molecule has 0 amide bonds. The van der Waals surface area contributed by atoms with E-state index < -0.39 is 0 Å². The van der Waals surface area contributed by atoms with Crippen LogP contribution in [0.15, 0.2) is 12.2 Å². The van der Waals surface area contributed by atoms with Crippen molar-refractivity contribution in [1.82, 2.24) is 5.06 Å². The van der Waals surface area contributed by atoms with Crippen LogP contribution in [-0.2, 0) is 0 Å². The lowest BCUT2D eigenvalue weighted by Crippen LogP contribution is -2.09. The molecule has 0 aromatic heterocycles. The van der Waals surface area contributed by atoms with E-state index in [1.54, 1.807) is 0 Å². The van der Waals surface area contributed by atoms with Gasteiger partial charge < -0.3 is 10.3 Å². The van der Waals surface area contributed by atoms with Crippen LogP contribution in [0.25, 0.3) is 0 Å². The third kappa shape index (κ3) is 0.584. The first-order chi connectivity index (χ1) is 2.89. The molecule has 2 heteroatoms. The van der Waals surface area contributed by atoms with Crippen molar-refractivity contribution in [1.29, 1.82) is 0 Å². The van der Waals surface area contributed by atoms with E-state index in [9.17, 15) is 5.21 Å². The number of nitrogens with zero attached hydrogens (tertiary/aromatic N) is 1. The van der Waals surface area contributed by atoms with Gasteiger partial charge in [-0.25, -0.2) is 0 Å². The highest BCUT2D eigenvalue weighted by molar-refractivity contribution is 4.95. The normalized spacial score (nSPS) is 22.8. The van der Waals surface area contributed by atoms with Crippen LogP contribution >= 0.6 is 0 Å². The van der Waals surface area contributed by atoms with Crippen LogP contribution in [0.4, 0.5) is 0 Å². The fourth-order valence-corrected chi connectivity index (χ4v) is 0.459. The summed E-state index contributed by atoms with van der Waals surface area (Å²) >= 11 is 0. The van der Waals surface area contributed by atoms with E-state index in [0.29, 0.717) is 13.1 Å². The van der Waals surface area contributed by atoms with Gasteiger partial charge in [-0.2, -0.15) is 0 Å². The van der Waals surface area contributed by atoms with Crippen LogP contribution in [0.1, 0.15) is 0 Å². The molecule has 0 saturated carbocycles. The third-order valence-electron chi connectivity index (χ3n) is 0.785. The van der Waals surface area contributed by atoms with E-state index in [-0.39, 0.29) is 0 Å². The van der Waals surface area contributed by atoms with Crippen LogP contribution in [0, 0.1) is 5.21 Å². The molecule has 0 aliphatic carbocycles. The maximum absolute atomic E-state index is 10.1. The van der Waals surface area contributed by atoms with Crippen molar-refractivity contribution in [3.63, 3.8) is 0 Å². The first-order valence-corrected chi connectivity index (χ1v) is 1.96. The second kappa shape index (κ2) is 1.41. The van der Waals surface area contributed by atoms with Crippen molar-refractivity contribution in [3.8, 4) is 0 Å². The Hall–Kier alpha value is -0.340. The van der Waals surface area contributed by atoms with Gasteiger partial charge in [0.2, 0.25) is 0 Å². The van der Waals surface area contributed by atoms with Gasteiger partial charge in [-0.1, -0.05) is 12.2 Å². The highest BCUT2D eigenvalue weighted by Gasteiger charge is 1.88. The van der Waals surface area contributed by atoms with Gasteiger partial charge in [0.25, 0.3) is 0 Å². The maximum Gasteiger partial charge on any atom is 0.00448 e. The van der Waals surface area contributed by atoms with Crippen molar-refractivity contribution in [3.05, 3.63) is 17.4 Å². The monoisotopic (exact) mass is 84.0 g/mol. The van der Waals surface area contributed by atoms with Gasteiger partial charge in [-0.05, 0) is 0 Å². The standard InChI is InChI=1S/C4H6NO/c6-5-3-1-2-4-5/h1-2H,3-4H2/q-1. The molecule has 0 aromatic rings. The van der Waals surface area contributed by atoms with E-state index in [0.717, 1.165) is 5.06 Å². The molecule has 1 heterocycles. The van der Waals surface area contributed by atoms with Crippen molar-refractivity contribution in [2.45, 2.75) is 0 Å². The first kappa shape index (κ1) is 3.84. The van der Waals surface area contributed by atoms with Crippen molar-refractivity contribution in [2.75, 3.05) is 13.1 Å². The van der Waals surface area contributed by atoms with Gasteiger partial charge in [0.05, 0.1) is 0 Å². The van der Waals surface area contributed by atoms with Crippen molar-refractivity contribution >= 4 is 0 Å². The molecule has 0 spiro atoms. The van der Waals surface area contributed by atoms with E-state index in [1.165, 1.54) is 0 Å². The lowest BCUT2D eigenvalue weighted by Gasteiger charge is -2.18. The first-order valence-electron chi connectivity index (χ1n) is 1.96. The zero-order valence-electron chi connectivity index (χ0n) is 3.42. The van der Waals surface area contributed by atoms with E-state index in [2.05, 4.69) is 0 Å². The van der Waals surface area contributed by atoms with E-state index >= 15 is 0 Å². The van der Waals surface area contributed by atoms with Crippen molar-refractivity contribution < 1.29 is 0 Å². The summed E-state index contributed by atoms with van der Waals surface area (Å²) in [5.74, 6) is 0. The Balaban J connectivity index is 2.32. The Bertz CT molecular complexity index is 61.9. The lowest BCUT2D eigenvalue weighted by molar-refractivity contribution is 0.490. The molecule has 0 bridgehead atoms.